The normalized spacial score (nSPS) is 32.5. The van der Waals surface area contributed by atoms with E-state index < -0.39 is 0 Å². The number of Topliss-reactive ketones (excluding diaryl/α,β-unsaturated/α-hetero) is 1. The highest BCUT2D eigenvalue weighted by molar-refractivity contribution is 9.11. The predicted octanol–water partition coefficient (Wildman–Crippen LogP) is 2.83. The van der Waals surface area contributed by atoms with Crippen molar-refractivity contribution in [3.63, 3.8) is 0 Å². The Labute approximate surface area is 142 Å². The maximum Gasteiger partial charge on any atom is 0.240 e. The summed E-state index contributed by atoms with van der Waals surface area (Å²) < 4.78 is 0.869. The zero-order chi connectivity index (χ0) is 16.1. The summed E-state index contributed by atoms with van der Waals surface area (Å²) in [7, 11) is 0. The van der Waals surface area contributed by atoms with Crippen molar-refractivity contribution in [2.45, 2.75) is 39.7 Å². The SMILES string of the molecule is CC12CCC(C(NCC(=O)Nc3ncc(Br)s3)C1=O)C2(C)C. The summed E-state index contributed by atoms with van der Waals surface area (Å²) in [6.07, 6.45) is 3.66. The summed E-state index contributed by atoms with van der Waals surface area (Å²) >= 11 is 4.67. The van der Waals surface area contributed by atoms with Gasteiger partial charge in [-0.3, -0.25) is 14.9 Å². The average Bonchev–Trinajstić information content (AvgIpc) is 2.98. The summed E-state index contributed by atoms with van der Waals surface area (Å²) in [6, 6.07) is -0.206. The number of nitrogens with one attached hydrogen (secondary N) is 2. The van der Waals surface area contributed by atoms with E-state index in [0.717, 1.165) is 16.6 Å². The zero-order valence-electron chi connectivity index (χ0n) is 12.9. The number of amides is 1. The minimum atomic E-state index is -0.258. The van der Waals surface area contributed by atoms with Crippen LogP contribution in [0.25, 0.3) is 0 Å². The molecule has 2 N–H and O–H groups in total. The van der Waals surface area contributed by atoms with Gasteiger partial charge in [-0.15, -0.1) is 0 Å². The van der Waals surface area contributed by atoms with E-state index in [4.69, 9.17) is 0 Å². The largest absolute Gasteiger partial charge is 0.301 e. The number of halogens is 1. The highest BCUT2D eigenvalue weighted by Gasteiger charge is 2.66. The second-order valence-electron chi connectivity index (χ2n) is 6.94. The molecule has 2 fully saturated rings. The first-order valence-corrected chi connectivity index (χ1v) is 9.05. The molecule has 5 nitrogen and oxygen atoms in total. The fourth-order valence-corrected chi connectivity index (χ4v) is 5.12. The zero-order valence-corrected chi connectivity index (χ0v) is 15.3. The molecule has 1 aromatic rings. The van der Waals surface area contributed by atoms with Crippen LogP contribution in [-0.4, -0.2) is 29.3 Å². The maximum atomic E-state index is 12.7. The topological polar surface area (TPSA) is 71.1 Å². The number of nitrogens with zero attached hydrogens (tertiary/aromatic N) is 1. The summed E-state index contributed by atoms with van der Waals surface area (Å²) in [6.45, 7) is 6.56. The number of rotatable bonds is 4. The molecule has 0 aromatic carbocycles. The number of carbonyl (C=O) groups is 2. The van der Waals surface area contributed by atoms with Gasteiger partial charge in [-0.25, -0.2) is 4.98 Å². The van der Waals surface area contributed by atoms with Crippen LogP contribution in [0.1, 0.15) is 33.6 Å². The van der Waals surface area contributed by atoms with Crippen LogP contribution in [0.2, 0.25) is 0 Å². The molecule has 1 amide bonds. The highest BCUT2D eigenvalue weighted by Crippen LogP contribution is 2.63. The lowest BCUT2D eigenvalue weighted by atomic mass is 9.70. The van der Waals surface area contributed by atoms with Gasteiger partial charge in [0.1, 0.15) is 0 Å². The summed E-state index contributed by atoms with van der Waals surface area (Å²) in [4.78, 5) is 28.7. The molecule has 3 unspecified atom stereocenters. The Balaban J connectivity index is 1.61. The van der Waals surface area contributed by atoms with Gasteiger partial charge in [-0.2, -0.15) is 0 Å². The third-order valence-corrected chi connectivity index (χ3v) is 7.13. The number of anilines is 1. The molecule has 7 heteroatoms. The molecular weight excluding hydrogens is 366 g/mol. The van der Waals surface area contributed by atoms with Gasteiger partial charge < -0.3 is 5.32 Å². The van der Waals surface area contributed by atoms with Gasteiger partial charge in [0, 0.05) is 5.41 Å². The van der Waals surface area contributed by atoms with Gasteiger partial charge in [0.25, 0.3) is 0 Å². The minimum Gasteiger partial charge on any atom is -0.301 e. The van der Waals surface area contributed by atoms with E-state index in [1.165, 1.54) is 11.3 Å². The Kier molecular flexibility index (Phi) is 3.94. The van der Waals surface area contributed by atoms with Crippen LogP contribution >= 0.6 is 27.3 Å². The summed E-state index contributed by atoms with van der Waals surface area (Å²) in [5, 5.41) is 6.47. The van der Waals surface area contributed by atoms with Gasteiger partial charge >= 0.3 is 0 Å². The lowest BCUT2D eigenvalue weighted by molar-refractivity contribution is -0.130. The minimum absolute atomic E-state index is 0.00159. The van der Waals surface area contributed by atoms with E-state index in [1.807, 2.05) is 0 Å². The number of thiazole rings is 1. The van der Waals surface area contributed by atoms with Gasteiger partial charge in [0.2, 0.25) is 5.91 Å². The molecular formula is C15H20BrN3O2S. The van der Waals surface area contributed by atoms with Crippen LogP contribution in [-0.2, 0) is 9.59 Å². The maximum absolute atomic E-state index is 12.7. The first-order chi connectivity index (χ1) is 10.3. The number of ketones is 1. The van der Waals surface area contributed by atoms with Crippen LogP contribution in [0.15, 0.2) is 9.98 Å². The van der Waals surface area contributed by atoms with Crippen LogP contribution in [0.5, 0.6) is 0 Å². The molecule has 0 spiro atoms. The number of fused-ring (bicyclic) bond motifs is 2. The molecule has 120 valence electrons. The van der Waals surface area contributed by atoms with Crippen molar-refractivity contribution < 1.29 is 9.59 Å². The summed E-state index contributed by atoms with van der Waals surface area (Å²) in [5.41, 5.74) is -0.260. The van der Waals surface area contributed by atoms with E-state index in [9.17, 15) is 9.59 Å². The van der Waals surface area contributed by atoms with Crippen LogP contribution in [0.4, 0.5) is 5.13 Å². The molecule has 2 saturated carbocycles. The fraction of sp³-hybridized carbons (Fsp3) is 0.667. The number of aromatic nitrogens is 1. The number of hydrogen-bond acceptors (Lipinski definition) is 5. The average molecular weight is 386 g/mol. The smallest absolute Gasteiger partial charge is 0.240 e. The van der Waals surface area contributed by atoms with E-state index in [2.05, 4.69) is 52.3 Å². The molecule has 2 bridgehead atoms. The van der Waals surface area contributed by atoms with Crippen molar-refractivity contribution in [1.29, 1.82) is 0 Å². The van der Waals surface area contributed by atoms with Gasteiger partial charge in [0.05, 0.1) is 22.6 Å². The Morgan fingerprint density at radius 3 is 2.77 bits per heavy atom. The van der Waals surface area contributed by atoms with Gasteiger partial charge in [-0.05, 0) is 40.1 Å². The Morgan fingerprint density at radius 2 is 2.23 bits per heavy atom. The van der Waals surface area contributed by atoms with E-state index in [0.29, 0.717) is 11.0 Å². The van der Waals surface area contributed by atoms with Gasteiger partial charge in [0.15, 0.2) is 10.9 Å². The molecule has 1 heterocycles. The molecule has 3 rings (SSSR count). The molecule has 1 aromatic heterocycles. The van der Waals surface area contributed by atoms with Crippen molar-refractivity contribution in [2.75, 3.05) is 11.9 Å². The highest BCUT2D eigenvalue weighted by atomic mass is 79.9. The predicted molar refractivity (Wildman–Crippen MR) is 89.9 cm³/mol. The third-order valence-electron chi connectivity index (χ3n) is 5.74. The van der Waals surface area contributed by atoms with Crippen molar-refractivity contribution in [3.8, 4) is 0 Å². The number of hydrogen-bond donors (Lipinski definition) is 2. The Hall–Kier alpha value is -0.790. The Morgan fingerprint density at radius 1 is 1.50 bits per heavy atom. The standard InChI is InChI=1S/C15H20BrN3O2S/c1-14(2)8-4-5-15(14,3)12(21)11(8)17-7-10(20)19-13-18-6-9(16)22-13/h6,8,11,17H,4-5,7H2,1-3H3,(H,18,19,20). The lowest BCUT2D eigenvalue weighted by Crippen LogP contribution is -2.46. The second kappa shape index (κ2) is 5.39. The second-order valence-corrected chi connectivity index (χ2v) is 9.35. The molecule has 0 radical (unpaired) electrons. The van der Waals surface area contributed by atoms with Crippen molar-refractivity contribution in [3.05, 3.63) is 9.98 Å². The first-order valence-electron chi connectivity index (χ1n) is 7.44. The fourth-order valence-electron chi connectivity index (χ4n) is 4.00. The van der Waals surface area contributed by atoms with Crippen LogP contribution in [0, 0.1) is 16.7 Å². The monoisotopic (exact) mass is 385 g/mol. The van der Waals surface area contributed by atoms with Gasteiger partial charge in [-0.1, -0.05) is 32.1 Å². The number of carbonyl (C=O) groups excluding carboxylic acids is 2. The first kappa shape index (κ1) is 16.1. The van der Waals surface area contributed by atoms with Crippen molar-refractivity contribution >= 4 is 44.1 Å². The summed E-state index contributed by atoms with van der Waals surface area (Å²) in [5.74, 6) is 0.408. The van der Waals surface area contributed by atoms with E-state index >= 15 is 0 Å². The van der Waals surface area contributed by atoms with E-state index in [-0.39, 0.29) is 35.1 Å². The van der Waals surface area contributed by atoms with Crippen molar-refractivity contribution in [1.82, 2.24) is 10.3 Å². The lowest BCUT2D eigenvalue weighted by Gasteiger charge is -2.32. The molecule has 2 aliphatic rings. The molecule has 22 heavy (non-hydrogen) atoms. The van der Waals surface area contributed by atoms with Crippen LogP contribution < -0.4 is 10.6 Å². The molecule has 0 aliphatic heterocycles. The van der Waals surface area contributed by atoms with E-state index in [1.54, 1.807) is 6.20 Å². The molecule has 2 aliphatic carbocycles. The third kappa shape index (κ3) is 2.34. The van der Waals surface area contributed by atoms with Crippen LogP contribution in [0.3, 0.4) is 0 Å². The molecule has 0 saturated heterocycles. The molecule has 3 atom stereocenters. The Bertz CT molecular complexity index is 630. The quantitative estimate of drug-likeness (QED) is 0.835. The van der Waals surface area contributed by atoms with Crippen molar-refractivity contribution in [2.24, 2.45) is 16.7 Å².